The molecule has 117 heavy (non-hydrogen) atoms. The van der Waals surface area contributed by atoms with Crippen LogP contribution in [0.3, 0.4) is 0 Å². The van der Waals surface area contributed by atoms with E-state index in [2.05, 4.69) is 410 Å². The lowest BCUT2D eigenvalue weighted by atomic mass is 9.70. The summed E-state index contributed by atoms with van der Waals surface area (Å²) in [7, 11) is 0. The summed E-state index contributed by atoms with van der Waals surface area (Å²) in [5.41, 5.74) is 40.1. The zero-order valence-corrected chi connectivity index (χ0v) is 64.8. The normalized spacial score (nSPS) is 14.2. The van der Waals surface area contributed by atoms with E-state index in [1.54, 1.807) is 0 Å². The minimum atomic E-state index is -0.675. The van der Waals surface area contributed by atoms with Crippen LogP contribution in [0.15, 0.2) is 364 Å². The highest BCUT2D eigenvalue weighted by Crippen LogP contribution is 2.64. The summed E-state index contributed by atoms with van der Waals surface area (Å²) in [5.74, 6) is 0.626. The first-order valence-corrected chi connectivity index (χ1v) is 40.9. The fraction of sp³-hybridized carbons (Fsp3) is 0.0631. The topological polar surface area (TPSA) is 45.5 Å². The quantitative estimate of drug-likeness (QED) is 0.160. The lowest BCUT2D eigenvalue weighted by Gasteiger charge is -2.31. The second-order valence-corrected chi connectivity index (χ2v) is 33.9. The van der Waals surface area contributed by atoms with E-state index < -0.39 is 5.41 Å². The molecule has 0 atom stereocenters. The average molecular weight is 1490 g/mol. The Kier molecular flexibility index (Phi) is 12.9. The third-order valence-corrected chi connectivity index (χ3v) is 27.4. The summed E-state index contributed by atoms with van der Waals surface area (Å²) in [6.45, 7) is 9.47. The molecule has 22 aromatic rings. The molecular weight excluding hydrogens is 1420 g/mol. The molecule has 546 valence electrons. The molecule has 26 rings (SSSR count). The van der Waals surface area contributed by atoms with Crippen LogP contribution in [0, 0.1) is 0 Å². The lowest BCUT2D eigenvalue weighted by molar-refractivity contribution is 0.660. The van der Waals surface area contributed by atoms with Gasteiger partial charge >= 0.3 is 0 Å². The van der Waals surface area contributed by atoms with Crippen molar-refractivity contribution in [1.29, 1.82) is 0 Å². The van der Waals surface area contributed by atoms with Crippen LogP contribution in [-0.4, -0.2) is 28.2 Å². The number of para-hydroxylation sites is 5. The molecule has 0 aliphatic heterocycles. The zero-order chi connectivity index (χ0) is 77.1. The minimum absolute atomic E-state index is 0.108. The molecule has 6 nitrogen and oxygen atoms in total. The van der Waals surface area contributed by atoms with Gasteiger partial charge in [-0.05, 0) is 233 Å². The number of fused-ring (bicyclic) bond motifs is 29. The maximum atomic E-state index is 5.83. The van der Waals surface area contributed by atoms with E-state index >= 15 is 0 Å². The van der Waals surface area contributed by atoms with Gasteiger partial charge in [-0.15, -0.1) is 0 Å². The molecule has 0 amide bonds. The Morgan fingerprint density at radius 3 is 0.915 bits per heavy atom. The second-order valence-electron chi connectivity index (χ2n) is 33.9. The predicted octanol–water partition coefficient (Wildman–Crippen LogP) is 28.0. The van der Waals surface area contributed by atoms with Gasteiger partial charge in [-0.1, -0.05) is 270 Å². The highest BCUT2D eigenvalue weighted by atomic mass is 15.2. The standard InChI is InChI=1S/C111H72N6/c1-109(2)90-32-14-5-23-73(90)77-50-46-70(62-94(77)109)114-99-37-19-10-27-81(99)86-57-65(42-53-103(86)114)66-44-55-105-88(58-66)83-29-12-21-39-101(83)116(105)72-48-52-80-79-49-41-69(61-96(79)111(97(80)64-72)92-34-16-7-25-75(92)76-26-8-17-35-93(76)111)107-85-31-9-18-36-98(85)112-108(113-107)117-102-40-22-13-30-84(102)89-60-68(45-56-106(89)117)67-43-54-104-87(59-67)82-28-11-20-38-100(82)115(104)71-47-51-78-74-24-6-15-33-91(74)110(3,4)95(78)63-71/h5-64H,1-4H3. The van der Waals surface area contributed by atoms with Crippen LogP contribution in [0.4, 0.5) is 0 Å². The molecular formula is C111H72N6. The van der Waals surface area contributed by atoms with Gasteiger partial charge in [0.15, 0.2) is 0 Å². The van der Waals surface area contributed by atoms with Gasteiger partial charge in [-0.2, -0.15) is 0 Å². The van der Waals surface area contributed by atoms with Crippen molar-refractivity contribution >= 4 is 98.1 Å². The molecule has 0 bridgehead atoms. The van der Waals surface area contributed by atoms with Crippen LogP contribution in [0.5, 0.6) is 0 Å². The van der Waals surface area contributed by atoms with E-state index in [9.17, 15) is 0 Å². The van der Waals surface area contributed by atoms with E-state index in [0.29, 0.717) is 5.95 Å². The van der Waals surface area contributed by atoms with Crippen molar-refractivity contribution < 1.29 is 0 Å². The van der Waals surface area contributed by atoms with Crippen molar-refractivity contribution in [3.63, 3.8) is 0 Å². The molecule has 0 radical (unpaired) electrons. The first-order valence-electron chi connectivity index (χ1n) is 40.9. The molecule has 6 heteroatoms. The average Bonchev–Trinajstić information content (AvgIpc) is 1.50. The first kappa shape index (κ1) is 64.8. The van der Waals surface area contributed by atoms with Crippen LogP contribution in [0.2, 0.25) is 0 Å². The highest BCUT2D eigenvalue weighted by Gasteiger charge is 2.52. The SMILES string of the molecule is CC1(C)c2ccccc2-c2ccc(-n3c4ccccc4c4cc(-c5ccc6c(c5)c5ccccc5n6-c5ccc6c(c5)C5(c7ccccc7-c7ccccc75)c5cc(-c7nc(-n8c9ccccc9c9cc(-c%10ccc%11c(c%10)c%10ccccc%10n%11-c%10ccc%11c(c%10)C(C)(C)c%10ccccc%10-%11)ccc98)nc8ccccc78)ccc5-6)ccc43)cc21. The number of hydrogen-bond acceptors (Lipinski definition) is 2. The Morgan fingerprint density at radius 1 is 0.197 bits per heavy atom. The molecule has 1 spiro atoms. The Balaban J connectivity index is 0.590. The second kappa shape index (κ2) is 23.3. The van der Waals surface area contributed by atoms with Gasteiger partial charge in [0, 0.05) is 81.9 Å². The molecule has 0 unspecified atom stereocenters. The van der Waals surface area contributed by atoms with E-state index in [4.69, 9.17) is 9.97 Å². The van der Waals surface area contributed by atoms with Crippen LogP contribution < -0.4 is 0 Å². The summed E-state index contributed by atoms with van der Waals surface area (Å²) in [6.07, 6.45) is 0. The van der Waals surface area contributed by atoms with Crippen LogP contribution in [0.1, 0.15) is 72.2 Å². The number of rotatable bonds is 7. The highest BCUT2D eigenvalue weighted by molar-refractivity contribution is 6.16. The van der Waals surface area contributed by atoms with Gasteiger partial charge in [-0.25, -0.2) is 9.97 Å². The van der Waals surface area contributed by atoms with Gasteiger partial charge in [-0.3, -0.25) is 4.57 Å². The fourth-order valence-corrected chi connectivity index (χ4v) is 22.1. The van der Waals surface area contributed by atoms with E-state index in [1.165, 1.54) is 171 Å². The van der Waals surface area contributed by atoms with Gasteiger partial charge in [0.25, 0.3) is 0 Å². The van der Waals surface area contributed by atoms with Crippen LogP contribution in [0.25, 0.3) is 199 Å². The monoisotopic (exact) mass is 1490 g/mol. The number of aromatic nitrogens is 6. The van der Waals surface area contributed by atoms with Crippen molar-refractivity contribution in [2.24, 2.45) is 0 Å². The van der Waals surface area contributed by atoms with Crippen molar-refractivity contribution in [3.8, 4) is 101 Å². The molecule has 0 saturated heterocycles. The van der Waals surface area contributed by atoms with Crippen molar-refractivity contribution in [2.75, 3.05) is 0 Å². The lowest BCUT2D eigenvalue weighted by Crippen LogP contribution is -2.26. The Labute approximate surface area is 675 Å². The van der Waals surface area contributed by atoms with Crippen molar-refractivity contribution in [2.45, 2.75) is 43.9 Å². The maximum absolute atomic E-state index is 5.83. The molecule has 0 fully saturated rings. The predicted molar refractivity (Wildman–Crippen MR) is 485 cm³/mol. The third-order valence-electron chi connectivity index (χ3n) is 27.4. The fourth-order valence-electron chi connectivity index (χ4n) is 22.1. The van der Waals surface area contributed by atoms with Gasteiger partial charge in [0.1, 0.15) is 0 Å². The Bertz CT molecular complexity index is 8180. The van der Waals surface area contributed by atoms with Crippen molar-refractivity contribution in [3.05, 3.63) is 408 Å². The summed E-state index contributed by atoms with van der Waals surface area (Å²) >= 11 is 0. The summed E-state index contributed by atoms with van der Waals surface area (Å²) in [6, 6.07) is 137. The molecule has 5 heterocycles. The largest absolute Gasteiger partial charge is 0.309 e. The molecule has 5 aromatic heterocycles. The van der Waals surface area contributed by atoms with Crippen molar-refractivity contribution in [1.82, 2.24) is 28.2 Å². The van der Waals surface area contributed by atoms with Crippen LogP contribution in [-0.2, 0) is 16.2 Å². The van der Waals surface area contributed by atoms with Gasteiger partial charge in [0.2, 0.25) is 5.95 Å². The van der Waals surface area contributed by atoms with Crippen LogP contribution >= 0.6 is 0 Å². The number of nitrogens with zero attached hydrogens (tertiary/aromatic N) is 6. The Hall–Kier alpha value is -14.7. The number of benzene rings is 17. The summed E-state index contributed by atoms with van der Waals surface area (Å²) < 4.78 is 9.73. The molecule has 0 saturated carbocycles. The van der Waals surface area contributed by atoms with Gasteiger partial charge in [0.05, 0.1) is 60.8 Å². The minimum Gasteiger partial charge on any atom is -0.309 e. The Morgan fingerprint density at radius 2 is 0.487 bits per heavy atom. The number of hydrogen-bond donors (Lipinski definition) is 0. The van der Waals surface area contributed by atoms with E-state index in [0.717, 1.165) is 66.3 Å². The van der Waals surface area contributed by atoms with Gasteiger partial charge < -0.3 is 13.7 Å². The maximum Gasteiger partial charge on any atom is 0.235 e. The molecule has 4 aliphatic carbocycles. The smallest absolute Gasteiger partial charge is 0.235 e. The van der Waals surface area contributed by atoms with E-state index in [-0.39, 0.29) is 10.8 Å². The molecule has 0 N–H and O–H groups in total. The van der Waals surface area contributed by atoms with E-state index in [1.807, 2.05) is 0 Å². The molecule has 17 aromatic carbocycles. The zero-order valence-electron chi connectivity index (χ0n) is 64.8. The molecule has 4 aliphatic rings. The summed E-state index contributed by atoms with van der Waals surface area (Å²) in [5, 5.41) is 10.6. The summed E-state index contributed by atoms with van der Waals surface area (Å²) in [4.78, 5) is 11.4. The first-order chi connectivity index (χ1) is 57.5. The third kappa shape index (κ3) is 8.62.